The van der Waals surface area contributed by atoms with Crippen LogP contribution < -0.4 is 21.9 Å². The van der Waals surface area contributed by atoms with Crippen molar-refractivity contribution in [2.45, 2.75) is 19.4 Å². The van der Waals surface area contributed by atoms with Crippen LogP contribution in [0.1, 0.15) is 12.8 Å². The Kier molecular flexibility index (Phi) is 5.67. The van der Waals surface area contributed by atoms with Crippen molar-refractivity contribution >= 4 is 22.3 Å². The number of rotatable bonds is 6. The van der Waals surface area contributed by atoms with Crippen molar-refractivity contribution in [2.75, 3.05) is 43.4 Å². The first-order valence-corrected chi connectivity index (χ1v) is 10.2. The molecule has 2 heterocycles. The third-order valence-corrected chi connectivity index (χ3v) is 5.66. The molecule has 1 aliphatic heterocycles. The maximum Gasteiger partial charge on any atom is 0.328 e. The van der Waals surface area contributed by atoms with Crippen LogP contribution in [0.25, 0.3) is 10.9 Å². The Balaban J connectivity index is 1.29. The summed E-state index contributed by atoms with van der Waals surface area (Å²) < 4.78 is 1.67. The number of aromatic nitrogens is 2. The highest BCUT2D eigenvalue weighted by atomic mass is 16.2. The Morgan fingerprint density at radius 3 is 2.34 bits per heavy atom. The number of benzene rings is 2. The minimum atomic E-state index is -0.331. The molecule has 1 aliphatic rings. The zero-order valence-corrected chi connectivity index (χ0v) is 16.5. The summed E-state index contributed by atoms with van der Waals surface area (Å²) in [5, 5.41) is 0.559. The number of hydrogen-bond acceptors (Lipinski definition) is 5. The van der Waals surface area contributed by atoms with Gasteiger partial charge in [0.15, 0.2) is 0 Å². The Hall–Kier alpha value is -3.06. The van der Waals surface area contributed by atoms with Crippen LogP contribution in [-0.4, -0.2) is 47.2 Å². The zero-order chi connectivity index (χ0) is 20.2. The first-order chi connectivity index (χ1) is 14.1. The molecule has 7 heteroatoms. The molecule has 0 saturated carbocycles. The van der Waals surface area contributed by atoms with E-state index in [1.165, 1.54) is 0 Å². The van der Waals surface area contributed by atoms with E-state index >= 15 is 0 Å². The molecule has 0 amide bonds. The van der Waals surface area contributed by atoms with Gasteiger partial charge in [0.25, 0.3) is 5.56 Å². The number of aryl methyl sites for hydroxylation is 1. The zero-order valence-electron chi connectivity index (χ0n) is 16.5. The van der Waals surface area contributed by atoms with Crippen LogP contribution in [-0.2, 0) is 6.54 Å². The predicted molar refractivity (Wildman–Crippen MR) is 118 cm³/mol. The van der Waals surface area contributed by atoms with Crippen LogP contribution in [0.5, 0.6) is 0 Å². The fourth-order valence-electron chi connectivity index (χ4n) is 4.06. The number of para-hydroxylation sites is 3. The monoisotopic (exact) mass is 393 g/mol. The van der Waals surface area contributed by atoms with Crippen LogP contribution >= 0.6 is 0 Å². The minimum Gasteiger partial charge on any atom is -0.397 e. The molecule has 7 nitrogen and oxygen atoms in total. The van der Waals surface area contributed by atoms with Crippen molar-refractivity contribution in [2.24, 2.45) is 0 Å². The number of unbranched alkanes of at least 4 members (excludes halogenated alkanes) is 1. The molecule has 1 saturated heterocycles. The molecule has 1 aromatic heterocycles. The van der Waals surface area contributed by atoms with Gasteiger partial charge in [-0.25, -0.2) is 4.79 Å². The Morgan fingerprint density at radius 2 is 1.55 bits per heavy atom. The summed E-state index contributed by atoms with van der Waals surface area (Å²) in [4.78, 5) is 31.4. The lowest BCUT2D eigenvalue weighted by Gasteiger charge is -2.36. The van der Waals surface area contributed by atoms with Gasteiger partial charge in [0.1, 0.15) is 0 Å². The van der Waals surface area contributed by atoms with E-state index in [9.17, 15) is 9.59 Å². The number of nitrogens with zero attached hydrogens (tertiary/aromatic N) is 3. The fourth-order valence-corrected chi connectivity index (χ4v) is 4.06. The number of aromatic amines is 1. The van der Waals surface area contributed by atoms with E-state index in [1.807, 2.05) is 36.4 Å². The molecule has 0 atom stereocenters. The number of piperazine rings is 1. The number of H-pyrrole nitrogens is 1. The maximum atomic E-state index is 12.2. The predicted octanol–water partition coefficient (Wildman–Crippen LogP) is 1.87. The molecule has 0 radical (unpaired) electrons. The van der Waals surface area contributed by atoms with Crippen molar-refractivity contribution in [3.05, 3.63) is 69.4 Å². The van der Waals surface area contributed by atoms with Gasteiger partial charge in [-0.3, -0.25) is 19.2 Å². The van der Waals surface area contributed by atoms with Crippen LogP contribution in [0, 0.1) is 0 Å². The Morgan fingerprint density at radius 1 is 0.862 bits per heavy atom. The maximum absolute atomic E-state index is 12.2. The van der Waals surface area contributed by atoms with Crippen molar-refractivity contribution in [1.82, 2.24) is 14.5 Å². The molecular formula is C22H27N5O2. The molecule has 3 aromatic rings. The highest BCUT2D eigenvalue weighted by Crippen LogP contribution is 2.23. The average Bonchev–Trinajstić information content (AvgIpc) is 2.74. The largest absolute Gasteiger partial charge is 0.397 e. The molecule has 0 bridgehead atoms. The summed E-state index contributed by atoms with van der Waals surface area (Å²) in [5.74, 6) is 0. The van der Waals surface area contributed by atoms with E-state index in [2.05, 4.69) is 20.9 Å². The standard InChI is InChI=1S/C22H27N5O2/c23-18-8-2-4-10-20(18)26-15-13-25(14-16-26)11-5-6-12-27-19-9-3-1-7-17(19)21(28)24-22(27)29/h1-4,7-10H,5-6,11-16,23H2,(H,24,28,29). The SMILES string of the molecule is Nc1ccccc1N1CCN(CCCCn2c(=O)[nH]c(=O)c3ccccc32)CC1. The minimum absolute atomic E-state index is 0.321. The number of anilines is 2. The van der Waals surface area contributed by atoms with Gasteiger partial charge < -0.3 is 10.6 Å². The second-order valence-corrected chi connectivity index (χ2v) is 7.52. The molecule has 2 aromatic carbocycles. The summed E-state index contributed by atoms with van der Waals surface area (Å²) in [5.41, 5.74) is 8.10. The lowest BCUT2D eigenvalue weighted by molar-refractivity contribution is 0.251. The van der Waals surface area contributed by atoms with E-state index < -0.39 is 0 Å². The number of nitrogens with two attached hydrogens (primary N) is 1. The molecule has 4 rings (SSSR count). The molecule has 0 unspecified atom stereocenters. The number of nitrogen functional groups attached to an aromatic ring is 1. The van der Waals surface area contributed by atoms with Gasteiger partial charge in [-0.1, -0.05) is 24.3 Å². The lowest BCUT2D eigenvalue weighted by Crippen LogP contribution is -2.46. The van der Waals surface area contributed by atoms with Crippen LogP contribution in [0.15, 0.2) is 58.1 Å². The molecular weight excluding hydrogens is 366 g/mol. The van der Waals surface area contributed by atoms with Gasteiger partial charge in [0.05, 0.1) is 22.3 Å². The molecule has 0 spiro atoms. The van der Waals surface area contributed by atoms with Gasteiger partial charge in [0, 0.05) is 32.7 Å². The van der Waals surface area contributed by atoms with Crippen molar-refractivity contribution in [1.29, 1.82) is 0 Å². The Bertz CT molecular complexity index is 1100. The normalized spacial score (nSPS) is 15.1. The van der Waals surface area contributed by atoms with E-state index in [1.54, 1.807) is 10.6 Å². The quantitative estimate of drug-likeness (QED) is 0.493. The summed E-state index contributed by atoms with van der Waals surface area (Å²) in [6, 6.07) is 15.3. The van der Waals surface area contributed by atoms with Gasteiger partial charge in [-0.2, -0.15) is 0 Å². The van der Waals surface area contributed by atoms with Gasteiger partial charge >= 0.3 is 5.69 Å². The molecule has 1 fully saturated rings. The average molecular weight is 393 g/mol. The summed E-state index contributed by atoms with van der Waals surface area (Å²) in [6.07, 6.45) is 1.90. The van der Waals surface area contributed by atoms with Gasteiger partial charge in [-0.05, 0) is 43.7 Å². The van der Waals surface area contributed by atoms with Crippen molar-refractivity contribution in [3.63, 3.8) is 0 Å². The summed E-state index contributed by atoms with van der Waals surface area (Å²) >= 11 is 0. The molecule has 29 heavy (non-hydrogen) atoms. The van der Waals surface area contributed by atoms with E-state index in [4.69, 9.17) is 5.73 Å². The third kappa shape index (κ3) is 4.19. The van der Waals surface area contributed by atoms with Gasteiger partial charge in [0.2, 0.25) is 0 Å². The first-order valence-electron chi connectivity index (χ1n) is 10.2. The third-order valence-electron chi connectivity index (χ3n) is 5.66. The van der Waals surface area contributed by atoms with E-state index in [0.717, 1.165) is 56.9 Å². The van der Waals surface area contributed by atoms with Gasteiger partial charge in [-0.15, -0.1) is 0 Å². The number of hydrogen-bond donors (Lipinski definition) is 2. The second kappa shape index (κ2) is 8.53. The van der Waals surface area contributed by atoms with Crippen LogP contribution in [0.4, 0.5) is 11.4 Å². The fraction of sp³-hybridized carbons (Fsp3) is 0.364. The highest BCUT2D eigenvalue weighted by Gasteiger charge is 2.18. The first kappa shape index (κ1) is 19.3. The molecule has 152 valence electrons. The Labute approximate surface area is 169 Å². The number of fused-ring (bicyclic) bond motifs is 1. The molecule has 3 N–H and O–H groups in total. The number of nitrogens with one attached hydrogen (secondary N) is 1. The summed E-state index contributed by atoms with van der Waals surface area (Å²) in [6.45, 7) is 5.58. The van der Waals surface area contributed by atoms with Crippen LogP contribution in [0.3, 0.4) is 0 Å². The van der Waals surface area contributed by atoms with Crippen LogP contribution in [0.2, 0.25) is 0 Å². The lowest BCUT2D eigenvalue weighted by atomic mass is 10.2. The molecule has 0 aliphatic carbocycles. The van der Waals surface area contributed by atoms with Crippen molar-refractivity contribution in [3.8, 4) is 0 Å². The van der Waals surface area contributed by atoms with Crippen molar-refractivity contribution < 1.29 is 0 Å². The van der Waals surface area contributed by atoms with E-state index in [-0.39, 0.29) is 11.2 Å². The van der Waals surface area contributed by atoms with E-state index in [0.29, 0.717) is 17.4 Å². The summed E-state index contributed by atoms with van der Waals surface area (Å²) in [7, 11) is 0. The second-order valence-electron chi connectivity index (χ2n) is 7.52. The highest BCUT2D eigenvalue weighted by molar-refractivity contribution is 5.77. The smallest absolute Gasteiger partial charge is 0.328 e. The topological polar surface area (TPSA) is 87.4 Å².